The summed E-state index contributed by atoms with van der Waals surface area (Å²) in [4.78, 5) is 14.4. The molecule has 8 heteroatoms. The summed E-state index contributed by atoms with van der Waals surface area (Å²) >= 11 is 1.40. The van der Waals surface area contributed by atoms with E-state index in [9.17, 15) is 4.79 Å². The van der Waals surface area contributed by atoms with Gasteiger partial charge in [0.1, 0.15) is 11.6 Å². The van der Waals surface area contributed by atoms with Crippen LogP contribution in [0.15, 0.2) is 52.2 Å². The van der Waals surface area contributed by atoms with Crippen LogP contribution >= 0.6 is 11.8 Å². The Hall–Kier alpha value is -2.74. The maximum Gasteiger partial charge on any atom is 0.234 e. The second-order valence-corrected chi connectivity index (χ2v) is 8.00. The summed E-state index contributed by atoms with van der Waals surface area (Å²) in [6, 6.07) is 11.6. The third-order valence-corrected chi connectivity index (χ3v) is 5.55. The molecule has 1 aromatic carbocycles. The van der Waals surface area contributed by atoms with E-state index in [4.69, 9.17) is 4.42 Å². The summed E-state index contributed by atoms with van der Waals surface area (Å²) in [6.45, 7) is 0.585. The number of carbonyl (C=O) groups is 1. The second-order valence-electron chi connectivity index (χ2n) is 7.06. The molecule has 2 heterocycles. The Kier molecular flexibility index (Phi) is 5.38. The van der Waals surface area contributed by atoms with Crippen molar-refractivity contribution in [3.8, 4) is 0 Å². The van der Waals surface area contributed by atoms with Gasteiger partial charge < -0.3 is 14.6 Å². The molecule has 1 aliphatic carbocycles. The fourth-order valence-electron chi connectivity index (χ4n) is 2.93. The number of thioether (sulfide) groups is 1. The van der Waals surface area contributed by atoms with Gasteiger partial charge in [0, 0.05) is 31.4 Å². The van der Waals surface area contributed by atoms with Crippen LogP contribution in [0.4, 0.5) is 11.4 Å². The number of hydrogen-bond donors (Lipinski definition) is 1. The zero-order valence-electron chi connectivity index (χ0n) is 16.0. The smallest absolute Gasteiger partial charge is 0.234 e. The molecular weight excluding hydrogens is 374 g/mol. The Balaban J connectivity index is 1.39. The first-order valence-electron chi connectivity index (χ1n) is 9.25. The number of nitrogens with zero attached hydrogens (tertiary/aromatic N) is 4. The number of amides is 1. The molecule has 7 nitrogen and oxygen atoms in total. The predicted octanol–water partition coefficient (Wildman–Crippen LogP) is 3.59. The Labute approximate surface area is 168 Å². The van der Waals surface area contributed by atoms with E-state index in [0.29, 0.717) is 12.5 Å². The molecule has 1 amide bonds. The van der Waals surface area contributed by atoms with Gasteiger partial charge in [-0.15, -0.1) is 10.2 Å². The molecule has 0 spiro atoms. The van der Waals surface area contributed by atoms with Crippen LogP contribution in [-0.4, -0.2) is 40.5 Å². The van der Waals surface area contributed by atoms with E-state index in [0.717, 1.165) is 41.0 Å². The summed E-state index contributed by atoms with van der Waals surface area (Å²) in [6.07, 6.45) is 3.95. The van der Waals surface area contributed by atoms with Gasteiger partial charge >= 0.3 is 0 Å². The van der Waals surface area contributed by atoms with Gasteiger partial charge in [-0.3, -0.25) is 9.36 Å². The SMILES string of the molecule is CN(C)c1ccc(NC(=O)CSc2nnc(C3CC3)n2Cc2ccco2)cc1. The van der Waals surface area contributed by atoms with Crippen molar-refractivity contribution < 1.29 is 9.21 Å². The number of aromatic nitrogens is 3. The van der Waals surface area contributed by atoms with E-state index in [1.54, 1.807) is 6.26 Å². The van der Waals surface area contributed by atoms with Gasteiger partial charge in [0.15, 0.2) is 5.16 Å². The minimum atomic E-state index is -0.0666. The normalized spacial score (nSPS) is 13.5. The van der Waals surface area contributed by atoms with Gasteiger partial charge in [0.05, 0.1) is 18.6 Å². The summed E-state index contributed by atoms with van der Waals surface area (Å²) in [5, 5.41) is 12.4. The number of rotatable bonds is 8. The molecular formula is C20H23N5O2S. The fraction of sp³-hybridized carbons (Fsp3) is 0.350. The van der Waals surface area contributed by atoms with Gasteiger partial charge in [-0.25, -0.2) is 0 Å². The van der Waals surface area contributed by atoms with Crippen molar-refractivity contribution in [1.82, 2.24) is 14.8 Å². The van der Waals surface area contributed by atoms with E-state index in [2.05, 4.69) is 20.1 Å². The molecule has 1 fully saturated rings. The van der Waals surface area contributed by atoms with Gasteiger partial charge in [-0.05, 0) is 49.2 Å². The largest absolute Gasteiger partial charge is 0.467 e. The maximum atomic E-state index is 12.4. The maximum absolute atomic E-state index is 12.4. The number of carbonyl (C=O) groups excluding carboxylic acids is 1. The first-order valence-corrected chi connectivity index (χ1v) is 10.2. The van der Waals surface area contributed by atoms with Crippen LogP contribution in [0.5, 0.6) is 0 Å². The second kappa shape index (κ2) is 8.10. The van der Waals surface area contributed by atoms with Gasteiger partial charge in [-0.1, -0.05) is 11.8 Å². The van der Waals surface area contributed by atoms with Crippen LogP contribution in [-0.2, 0) is 11.3 Å². The van der Waals surface area contributed by atoms with E-state index in [-0.39, 0.29) is 11.7 Å². The van der Waals surface area contributed by atoms with Gasteiger partial charge in [-0.2, -0.15) is 0 Å². The highest BCUT2D eigenvalue weighted by atomic mass is 32.2. The van der Waals surface area contributed by atoms with Crippen molar-refractivity contribution in [2.24, 2.45) is 0 Å². The van der Waals surface area contributed by atoms with Gasteiger partial charge in [0.25, 0.3) is 0 Å². The summed E-state index contributed by atoms with van der Waals surface area (Å²) in [7, 11) is 3.97. The average Bonchev–Trinajstić information content (AvgIpc) is 3.24. The predicted molar refractivity (Wildman–Crippen MR) is 110 cm³/mol. The molecule has 2 aromatic heterocycles. The van der Waals surface area contributed by atoms with Crippen LogP contribution < -0.4 is 10.2 Å². The highest BCUT2D eigenvalue weighted by Gasteiger charge is 2.30. The van der Waals surface area contributed by atoms with Crippen LogP contribution in [0.1, 0.15) is 30.3 Å². The molecule has 0 radical (unpaired) electrons. The molecule has 3 aromatic rings. The average molecular weight is 398 g/mol. The monoisotopic (exact) mass is 397 g/mol. The van der Waals surface area contributed by atoms with Crippen molar-refractivity contribution in [3.63, 3.8) is 0 Å². The fourth-order valence-corrected chi connectivity index (χ4v) is 3.67. The molecule has 1 aliphatic rings. The molecule has 0 unspecified atom stereocenters. The molecule has 0 atom stereocenters. The number of furan rings is 1. The van der Waals surface area contributed by atoms with E-state index in [1.165, 1.54) is 11.8 Å². The number of anilines is 2. The third-order valence-electron chi connectivity index (χ3n) is 4.58. The van der Waals surface area contributed by atoms with Crippen LogP contribution in [0.3, 0.4) is 0 Å². The molecule has 1 saturated carbocycles. The Morgan fingerprint density at radius 2 is 2.04 bits per heavy atom. The highest BCUT2D eigenvalue weighted by molar-refractivity contribution is 7.99. The lowest BCUT2D eigenvalue weighted by Crippen LogP contribution is -2.15. The van der Waals surface area contributed by atoms with Crippen molar-refractivity contribution in [3.05, 3.63) is 54.2 Å². The third kappa shape index (κ3) is 4.39. The van der Waals surface area contributed by atoms with E-state index >= 15 is 0 Å². The molecule has 1 N–H and O–H groups in total. The molecule has 0 aliphatic heterocycles. The van der Waals surface area contributed by atoms with E-state index in [1.807, 2.05) is 55.4 Å². The number of hydrogen-bond acceptors (Lipinski definition) is 6. The Bertz CT molecular complexity index is 930. The Morgan fingerprint density at radius 3 is 2.68 bits per heavy atom. The molecule has 28 heavy (non-hydrogen) atoms. The summed E-state index contributed by atoms with van der Waals surface area (Å²) in [5.41, 5.74) is 1.87. The standard InChI is InChI=1S/C20H23N5O2S/c1-24(2)16-9-7-15(8-10-16)21-18(26)13-28-20-23-22-19(14-5-6-14)25(20)12-17-4-3-11-27-17/h3-4,7-11,14H,5-6,12-13H2,1-2H3,(H,21,26). The van der Waals surface area contributed by atoms with Crippen LogP contribution in [0.25, 0.3) is 0 Å². The summed E-state index contributed by atoms with van der Waals surface area (Å²) < 4.78 is 7.55. The molecule has 0 bridgehead atoms. The minimum absolute atomic E-state index is 0.0666. The van der Waals surface area contributed by atoms with Crippen molar-refractivity contribution in [2.75, 3.05) is 30.1 Å². The molecule has 0 saturated heterocycles. The van der Waals surface area contributed by atoms with Crippen LogP contribution in [0, 0.1) is 0 Å². The first-order chi connectivity index (χ1) is 13.6. The van der Waals surface area contributed by atoms with E-state index < -0.39 is 0 Å². The topological polar surface area (TPSA) is 76.2 Å². The number of benzene rings is 1. The van der Waals surface area contributed by atoms with Crippen molar-refractivity contribution in [2.45, 2.75) is 30.5 Å². The van der Waals surface area contributed by atoms with Crippen molar-refractivity contribution >= 4 is 29.0 Å². The highest BCUT2D eigenvalue weighted by Crippen LogP contribution is 2.40. The molecule has 4 rings (SSSR count). The zero-order chi connectivity index (χ0) is 19.5. The Morgan fingerprint density at radius 1 is 1.25 bits per heavy atom. The van der Waals surface area contributed by atoms with Gasteiger partial charge in [0.2, 0.25) is 5.91 Å². The van der Waals surface area contributed by atoms with Crippen LogP contribution in [0.2, 0.25) is 0 Å². The number of nitrogens with one attached hydrogen (secondary N) is 1. The summed E-state index contributed by atoms with van der Waals surface area (Å²) in [5.74, 6) is 2.52. The lowest BCUT2D eigenvalue weighted by Gasteiger charge is -2.13. The first kappa shape index (κ1) is 18.6. The lowest BCUT2D eigenvalue weighted by molar-refractivity contribution is -0.113. The van der Waals surface area contributed by atoms with Crippen molar-refractivity contribution in [1.29, 1.82) is 0 Å². The quantitative estimate of drug-likeness (QED) is 0.586. The minimum Gasteiger partial charge on any atom is -0.467 e. The lowest BCUT2D eigenvalue weighted by atomic mass is 10.2. The molecule has 146 valence electrons. The zero-order valence-corrected chi connectivity index (χ0v) is 16.8.